The molecule has 14 nitrogen and oxygen atoms in total. The van der Waals surface area contributed by atoms with E-state index in [4.69, 9.17) is 31.7 Å². The van der Waals surface area contributed by atoms with Crippen molar-refractivity contribution in [1.82, 2.24) is 14.7 Å². The number of aryl methyl sites for hydroxylation is 3. The highest BCUT2D eigenvalue weighted by Crippen LogP contribution is 2.51. The Morgan fingerprint density at radius 2 is 0.546 bits per heavy atom. The van der Waals surface area contributed by atoms with Crippen molar-refractivity contribution in [2.45, 2.75) is 282 Å². The van der Waals surface area contributed by atoms with Crippen LogP contribution in [0.4, 0.5) is 13.2 Å². The van der Waals surface area contributed by atoms with Crippen molar-refractivity contribution in [3.8, 4) is 0 Å². The highest BCUT2D eigenvalue weighted by molar-refractivity contribution is 9.09. The lowest BCUT2D eigenvalue weighted by atomic mass is 9.99. The van der Waals surface area contributed by atoms with Gasteiger partial charge in [0, 0.05) is 111 Å². The van der Waals surface area contributed by atoms with Gasteiger partial charge in [0.25, 0.3) is 35.1 Å². The predicted octanol–water partition coefficient (Wildman–Crippen LogP) is 21.2. The van der Waals surface area contributed by atoms with Crippen molar-refractivity contribution in [2.24, 2.45) is 59.2 Å². The summed E-state index contributed by atoms with van der Waals surface area (Å²) < 4.78 is 109. The molecule has 16 atom stereocenters. The number of benzene rings is 9. The van der Waals surface area contributed by atoms with Gasteiger partial charge in [0.05, 0.1) is 51.0 Å². The van der Waals surface area contributed by atoms with E-state index >= 15 is 0 Å². The average Bonchev–Trinajstić information content (AvgIpc) is 1.76. The molecule has 762 valence electrons. The largest absolute Gasteiger partial charge is 0.407 e. The highest BCUT2D eigenvalue weighted by atomic mass is 79.9. The van der Waals surface area contributed by atoms with Crippen LogP contribution in [0.25, 0.3) is 0 Å². The Morgan fingerprint density at radius 3 is 0.773 bits per heavy atom. The molecule has 22 heteroatoms. The molecular weight excluding hydrogens is 1900 g/mol. The first-order valence-electron chi connectivity index (χ1n) is 52.9. The van der Waals surface area contributed by atoms with Crippen LogP contribution in [0.3, 0.4) is 0 Å². The van der Waals surface area contributed by atoms with Gasteiger partial charge in [-0.05, 0) is 270 Å². The molecule has 6 aliphatic heterocycles. The number of piperidine rings is 3. The highest BCUT2D eigenvalue weighted by Gasteiger charge is 2.57. The van der Waals surface area contributed by atoms with E-state index in [0.29, 0.717) is 133 Å². The van der Waals surface area contributed by atoms with Crippen LogP contribution in [0.15, 0.2) is 237 Å². The van der Waals surface area contributed by atoms with Crippen molar-refractivity contribution in [2.75, 3.05) is 70.9 Å². The number of hydrogen-bond donors (Lipinski definition) is 2. The fourth-order valence-electron chi connectivity index (χ4n) is 24.8. The van der Waals surface area contributed by atoms with E-state index in [-0.39, 0.29) is 57.5 Å². The second-order valence-corrected chi connectivity index (χ2v) is 61.5. The van der Waals surface area contributed by atoms with Crippen molar-refractivity contribution in [3.05, 3.63) is 287 Å². The Balaban J connectivity index is 0.000000129. The second-order valence-electron chi connectivity index (χ2n) is 46.3. The molecule has 6 bridgehead atoms. The normalized spacial score (nSPS) is 27.2. The monoisotopic (exact) mass is 2060 g/mol. The lowest BCUT2D eigenvalue weighted by Crippen LogP contribution is -2.66. The first-order valence-corrected chi connectivity index (χ1v) is 61.6. The molecule has 9 aromatic rings. The zero-order valence-electron chi connectivity index (χ0n) is 86.0. The van der Waals surface area contributed by atoms with Gasteiger partial charge in [0.15, 0.2) is 0 Å². The first-order chi connectivity index (χ1) is 67.7. The molecule has 5 saturated carbocycles. The van der Waals surface area contributed by atoms with Gasteiger partial charge < -0.3 is 37.7 Å². The molecular formula is C119H159BrF3N3O11SSi3. The maximum atomic E-state index is 14.3. The summed E-state index contributed by atoms with van der Waals surface area (Å²) in [6, 6.07) is 84.5. The van der Waals surface area contributed by atoms with Crippen LogP contribution in [-0.4, -0.2) is 184 Å². The van der Waals surface area contributed by atoms with Gasteiger partial charge >= 0.3 is 0 Å². The Labute approximate surface area is 853 Å². The van der Waals surface area contributed by atoms with E-state index in [1.165, 1.54) is 108 Å². The van der Waals surface area contributed by atoms with Crippen LogP contribution >= 0.6 is 15.9 Å². The quantitative estimate of drug-likeness (QED) is 0.0218. The molecule has 0 spiro atoms. The second kappa shape index (κ2) is 47.3. The number of halogens is 4. The van der Waals surface area contributed by atoms with Crippen LogP contribution < -0.4 is 31.1 Å². The van der Waals surface area contributed by atoms with E-state index < -0.39 is 35.1 Å². The maximum absolute atomic E-state index is 14.3. The molecule has 5 aliphatic carbocycles. The van der Waals surface area contributed by atoms with E-state index in [2.05, 4.69) is 275 Å². The first kappa shape index (κ1) is 107. The van der Waals surface area contributed by atoms with Crippen LogP contribution in [0.1, 0.15) is 205 Å². The van der Waals surface area contributed by atoms with Crippen LogP contribution in [0.5, 0.6) is 0 Å². The molecule has 0 amide bonds. The molecule has 11 fully saturated rings. The molecule has 20 rings (SSSR count). The lowest BCUT2D eigenvalue weighted by Gasteiger charge is -2.43. The summed E-state index contributed by atoms with van der Waals surface area (Å²) in [6.07, 6.45) is 21.4. The number of rotatable bonds is 36. The maximum Gasteiger partial charge on any atom is 0.264 e. The summed E-state index contributed by atoms with van der Waals surface area (Å²) in [5.74, 6) is 5.48. The standard InChI is InChI=1S/C36H46FNO2Si.C21H27BrOSi.C21H30FNO4S.C21H28O2Si.C20H28FNO2/c1-26-12-11-17-35(37)34(26)25-39-31-21-29-18-19-30(22-31)38(29)23-27-20-28(27)24-40-41(36(2,3)4,32-13-7-5-8-14-32)33-15-9-6-10-16-33;1-21(2,3)24(19-10-6-4-7-11-19,20-12-8-5-9-13-20)23-16-18-14-17(18)15-22;1-14-4-3-5-21(22)20(14)13-26-19-9-17-6-7-18(10-19)23(17)11-15-8-16(15)12-27-28(2,24)25;1-21(2,3)24(19-10-6-4-7-11-19,20-12-8-5-9-13-20)23-16-18-14-17(18)15-22;1-13-3-2-4-20(21)19(13)12-24-18-8-16-5-6-17(9-18)22(16)10-14-7-15(14)11-23/h5-17,27-31H,18-25H2,1-4H3;4-13,17-18H,14-16H2,1-3H3;3-5,15-19H,6-13H2,1-2H3;4-13,17-18,22H,14-16H2,1-3H3;2-4,14-18,23H,5-12H2,1H3/t27-,28-,29?,30?,31?;17-,18-;15-,16-,17?,18?,19?;17-,18-;14-,15-,16?,17?,18?/m00000/s1. The van der Waals surface area contributed by atoms with E-state index in [9.17, 15) is 31.8 Å². The molecule has 0 radical (unpaired) electrons. The minimum atomic E-state index is -3.34. The third-order valence-corrected chi connectivity index (χ3v) is 50.0. The van der Waals surface area contributed by atoms with E-state index in [1.54, 1.807) is 24.3 Å². The molecule has 2 N–H and O–H groups in total. The number of alkyl halides is 1. The summed E-state index contributed by atoms with van der Waals surface area (Å²) in [7, 11) is -10.6. The number of aliphatic hydroxyl groups excluding tert-OH is 2. The fraction of sp³-hybridized carbons (Fsp3) is 0.546. The molecule has 0 aromatic heterocycles. The minimum Gasteiger partial charge on any atom is -0.407 e. The summed E-state index contributed by atoms with van der Waals surface area (Å²) in [4.78, 5) is 8.08. The average molecular weight is 2060 g/mol. The van der Waals surface area contributed by atoms with Crippen LogP contribution in [0, 0.1) is 97.4 Å². The van der Waals surface area contributed by atoms with Gasteiger partial charge in [0.1, 0.15) is 17.5 Å². The zero-order valence-corrected chi connectivity index (χ0v) is 91.4. The third kappa shape index (κ3) is 26.2. The molecule has 141 heavy (non-hydrogen) atoms. The third-order valence-electron chi connectivity index (χ3n) is 33.6. The number of hydrogen-bond acceptors (Lipinski definition) is 14. The number of ether oxygens (including phenoxy) is 3. The molecule has 6 heterocycles. The summed E-state index contributed by atoms with van der Waals surface area (Å²) in [5, 5.41) is 27.9. The SMILES string of the molecule is CC(C)(C)[Si](OC[C@@H]1C[C@H]1CBr)(c1ccccc1)c1ccccc1.CC(C)(C)[Si](OC[C@@H]1C[C@H]1CO)(c1ccccc1)c1ccccc1.Cc1cccc(F)c1COC1CC2CCC(C1)N2C[C@@H]1C[C@H]1CO.Cc1cccc(F)c1COC1CC2CCC(C1)N2C[C@@H]1C[C@H]1COS(C)(=O)=O.Cc1cccc(F)c1COC1CC2CCC(C1)N2C[C@@H]1C[C@H]1CO[Si](c1ccccc1)(c1ccccc1)C(C)(C)C. The Kier molecular flexibility index (Phi) is 35.9. The number of nitrogens with zero attached hydrogens (tertiary/aromatic N) is 3. The van der Waals surface area contributed by atoms with Gasteiger partial charge in [-0.15, -0.1) is 0 Å². The zero-order chi connectivity index (χ0) is 99.6. The summed E-state index contributed by atoms with van der Waals surface area (Å²) in [5.41, 5.74) is 4.98. The topological polar surface area (TPSA) is 149 Å². The fourth-order valence-corrected chi connectivity index (χ4v) is 39.9. The van der Waals surface area contributed by atoms with Crippen molar-refractivity contribution in [1.29, 1.82) is 0 Å². The molecule has 11 aliphatic rings. The minimum absolute atomic E-state index is 0.0162. The molecule has 6 unspecified atom stereocenters. The summed E-state index contributed by atoms with van der Waals surface area (Å²) in [6.45, 7) is 34.8. The van der Waals surface area contributed by atoms with Crippen molar-refractivity contribution < 1.29 is 63.5 Å². The smallest absolute Gasteiger partial charge is 0.264 e. The van der Waals surface area contributed by atoms with E-state index in [1.807, 2.05) is 39.0 Å². The van der Waals surface area contributed by atoms with Crippen LogP contribution in [-0.2, 0) is 61.6 Å². The number of aliphatic hydroxyl groups is 2. The van der Waals surface area contributed by atoms with Gasteiger partial charge in [-0.3, -0.25) is 18.9 Å². The predicted molar refractivity (Wildman–Crippen MR) is 575 cm³/mol. The Hall–Kier alpha value is -6.63. The molecule has 9 aromatic carbocycles. The van der Waals surface area contributed by atoms with E-state index in [0.717, 1.165) is 124 Å². The van der Waals surface area contributed by atoms with Gasteiger partial charge in [-0.2, -0.15) is 8.42 Å². The van der Waals surface area contributed by atoms with Gasteiger partial charge in [-0.25, -0.2) is 13.2 Å². The van der Waals surface area contributed by atoms with Crippen molar-refractivity contribution >= 4 is 82.1 Å². The van der Waals surface area contributed by atoms with Gasteiger partial charge in [-0.1, -0.05) is 297 Å². The summed E-state index contributed by atoms with van der Waals surface area (Å²) >= 11 is 3.62. The van der Waals surface area contributed by atoms with Crippen LogP contribution in [0.2, 0.25) is 15.1 Å². The lowest BCUT2D eigenvalue weighted by molar-refractivity contribution is -0.0308. The number of fused-ring (bicyclic) bond motifs is 6. The van der Waals surface area contributed by atoms with Crippen molar-refractivity contribution in [3.63, 3.8) is 0 Å². The Bertz CT molecular complexity index is 5240. The van der Waals surface area contributed by atoms with Gasteiger partial charge in [0.2, 0.25) is 0 Å². The Morgan fingerprint density at radius 1 is 0.319 bits per heavy atom. The molecule has 6 saturated heterocycles.